The van der Waals surface area contributed by atoms with E-state index < -0.39 is 0 Å². The summed E-state index contributed by atoms with van der Waals surface area (Å²) in [5.74, 6) is 1.42. The number of aliphatic imine (C=N–C) groups is 1. The molecule has 0 saturated heterocycles. The first-order valence-electron chi connectivity index (χ1n) is 7.11. The monoisotopic (exact) mass is 296 g/mol. The summed E-state index contributed by atoms with van der Waals surface area (Å²) in [6, 6.07) is 1.91. The summed E-state index contributed by atoms with van der Waals surface area (Å²) in [4.78, 5) is 15.4. The first-order valence-corrected chi connectivity index (χ1v) is 7.11. The number of rotatable bonds is 7. The summed E-state index contributed by atoms with van der Waals surface area (Å²) in [6.45, 7) is 7.69. The van der Waals surface area contributed by atoms with Crippen LogP contribution in [0.2, 0.25) is 0 Å². The quantitative estimate of drug-likeness (QED) is 0.449. The number of nitrogens with one attached hydrogen (secondary N) is 2. The molecule has 118 valence electrons. The predicted molar refractivity (Wildman–Crippen MR) is 80.0 cm³/mol. The molecular weight excluding hydrogens is 272 g/mol. The molecule has 0 amide bonds. The standard InChI is InChI=1S/C14H24N4O3/c1-5-15-14(16-7-6-13(19)20-4)17-9-11-8-12(10(2)3)18-21-11/h8,10H,5-7,9H2,1-4H3,(H2,15,16,17). The van der Waals surface area contributed by atoms with Gasteiger partial charge in [-0.3, -0.25) is 4.79 Å². The summed E-state index contributed by atoms with van der Waals surface area (Å²) in [7, 11) is 1.37. The van der Waals surface area contributed by atoms with Gasteiger partial charge in [-0.1, -0.05) is 19.0 Å². The van der Waals surface area contributed by atoms with Crippen molar-refractivity contribution in [1.82, 2.24) is 15.8 Å². The fraction of sp³-hybridized carbons (Fsp3) is 0.643. The number of methoxy groups -OCH3 is 1. The first kappa shape index (κ1) is 17.0. The Morgan fingerprint density at radius 2 is 2.24 bits per heavy atom. The normalized spacial score (nSPS) is 11.6. The largest absolute Gasteiger partial charge is 0.469 e. The lowest BCUT2D eigenvalue weighted by atomic mass is 10.1. The molecule has 0 atom stereocenters. The van der Waals surface area contributed by atoms with Crippen molar-refractivity contribution in [2.75, 3.05) is 20.2 Å². The minimum atomic E-state index is -0.254. The van der Waals surface area contributed by atoms with Gasteiger partial charge in [0.15, 0.2) is 11.7 Å². The van der Waals surface area contributed by atoms with Crippen LogP contribution >= 0.6 is 0 Å². The van der Waals surface area contributed by atoms with Gasteiger partial charge >= 0.3 is 5.97 Å². The molecule has 21 heavy (non-hydrogen) atoms. The number of hydrogen-bond acceptors (Lipinski definition) is 5. The van der Waals surface area contributed by atoms with Crippen LogP contribution < -0.4 is 10.6 Å². The average Bonchev–Trinajstić information content (AvgIpc) is 2.93. The van der Waals surface area contributed by atoms with Crippen molar-refractivity contribution in [1.29, 1.82) is 0 Å². The molecule has 0 fully saturated rings. The number of hydrogen-bond donors (Lipinski definition) is 2. The lowest BCUT2D eigenvalue weighted by Crippen LogP contribution is -2.38. The highest BCUT2D eigenvalue weighted by molar-refractivity contribution is 5.80. The van der Waals surface area contributed by atoms with Gasteiger partial charge in [0.1, 0.15) is 6.54 Å². The predicted octanol–water partition coefficient (Wildman–Crippen LogP) is 1.42. The molecule has 7 heteroatoms. The van der Waals surface area contributed by atoms with E-state index in [1.54, 1.807) is 0 Å². The molecule has 0 aliphatic heterocycles. The molecule has 1 heterocycles. The molecular formula is C14H24N4O3. The van der Waals surface area contributed by atoms with E-state index in [-0.39, 0.29) is 5.97 Å². The summed E-state index contributed by atoms with van der Waals surface area (Å²) in [6.07, 6.45) is 0.292. The maximum atomic E-state index is 11.1. The third-order valence-electron chi connectivity index (χ3n) is 2.76. The number of carbonyl (C=O) groups is 1. The molecule has 1 aromatic rings. The van der Waals surface area contributed by atoms with Gasteiger partial charge in [-0.05, 0) is 12.8 Å². The van der Waals surface area contributed by atoms with Crippen LogP contribution in [-0.4, -0.2) is 37.3 Å². The molecule has 0 aromatic carbocycles. The van der Waals surface area contributed by atoms with Crippen LogP contribution in [0, 0.1) is 0 Å². The average molecular weight is 296 g/mol. The Labute approximate surface area is 125 Å². The Bertz CT molecular complexity index is 469. The van der Waals surface area contributed by atoms with E-state index in [4.69, 9.17) is 4.52 Å². The second-order valence-electron chi connectivity index (χ2n) is 4.82. The van der Waals surface area contributed by atoms with Crippen molar-refractivity contribution in [2.24, 2.45) is 4.99 Å². The molecule has 0 bridgehead atoms. The highest BCUT2D eigenvalue weighted by Crippen LogP contribution is 2.14. The van der Waals surface area contributed by atoms with Crippen LogP contribution in [0.3, 0.4) is 0 Å². The van der Waals surface area contributed by atoms with Crippen LogP contribution in [-0.2, 0) is 16.1 Å². The van der Waals surface area contributed by atoms with Crippen LogP contribution in [0.25, 0.3) is 0 Å². The lowest BCUT2D eigenvalue weighted by molar-refractivity contribution is -0.140. The molecule has 0 spiro atoms. The van der Waals surface area contributed by atoms with E-state index in [2.05, 4.69) is 39.4 Å². The van der Waals surface area contributed by atoms with Gasteiger partial charge in [0.25, 0.3) is 0 Å². The van der Waals surface area contributed by atoms with Crippen molar-refractivity contribution < 1.29 is 14.1 Å². The number of ether oxygens (including phenoxy) is 1. The van der Waals surface area contributed by atoms with Gasteiger partial charge in [-0.25, -0.2) is 4.99 Å². The second kappa shape index (κ2) is 8.99. The summed E-state index contributed by atoms with van der Waals surface area (Å²) < 4.78 is 9.81. The van der Waals surface area contributed by atoms with Crippen molar-refractivity contribution in [3.63, 3.8) is 0 Å². The highest BCUT2D eigenvalue weighted by Gasteiger charge is 2.07. The van der Waals surface area contributed by atoms with E-state index in [1.165, 1.54) is 7.11 Å². The number of carbonyl (C=O) groups excluding carboxylic acids is 1. The topological polar surface area (TPSA) is 88.8 Å². The second-order valence-corrected chi connectivity index (χ2v) is 4.82. The Hall–Kier alpha value is -2.05. The maximum Gasteiger partial charge on any atom is 0.307 e. The molecule has 2 N–H and O–H groups in total. The van der Waals surface area contributed by atoms with E-state index in [0.717, 1.165) is 12.2 Å². The van der Waals surface area contributed by atoms with Crippen LogP contribution in [0.5, 0.6) is 0 Å². The van der Waals surface area contributed by atoms with Crippen LogP contribution in [0.15, 0.2) is 15.6 Å². The van der Waals surface area contributed by atoms with E-state index in [9.17, 15) is 4.79 Å². The van der Waals surface area contributed by atoms with E-state index >= 15 is 0 Å². The van der Waals surface area contributed by atoms with Gasteiger partial charge in [0.2, 0.25) is 0 Å². The van der Waals surface area contributed by atoms with Gasteiger partial charge in [0, 0.05) is 19.2 Å². The van der Waals surface area contributed by atoms with Gasteiger partial charge in [-0.2, -0.15) is 0 Å². The smallest absolute Gasteiger partial charge is 0.307 e. The maximum absolute atomic E-state index is 11.1. The Morgan fingerprint density at radius 1 is 1.48 bits per heavy atom. The minimum Gasteiger partial charge on any atom is -0.469 e. The number of nitrogens with zero attached hydrogens (tertiary/aromatic N) is 2. The van der Waals surface area contributed by atoms with Crippen LogP contribution in [0.4, 0.5) is 0 Å². The van der Waals surface area contributed by atoms with Crippen molar-refractivity contribution in [3.8, 4) is 0 Å². The van der Waals surface area contributed by atoms with Crippen molar-refractivity contribution >= 4 is 11.9 Å². The minimum absolute atomic E-state index is 0.254. The summed E-state index contributed by atoms with van der Waals surface area (Å²) in [5, 5.41) is 10.2. The molecule has 0 radical (unpaired) electrons. The Kier molecular flexibility index (Phi) is 7.28. The fourth-order valence-electron chi connectivity index (χ4n) is 1.56. The molecule has 1 rings (SSSR count). The third kappa shape index (κ3) is 6.29. The lowest BCUT2D eigenvalue weighted by Gasteiger charge is -2.10. The third-order valence-corrected chi connectivity index (χ3v) is 2.76. The molecule has 0 unspecified atom stereocenters. The molecule has 7 nitrogen and oxygen atoms in total. The number of esters is 1. The molecule has 0 saturated carbocycles. The summed E-state index contributed by atoms with van der Waals surface area (Å²) >= 11 is 0. The highest BCUT2D eigenvalue weighted by atomic mass is 16.5. The molecule has 1 aromatic heterocycles. The SMILES string of the molecule is CCNC(=NCc1cc(C(C)C)no1)NCCC(=O)OC. The van der Waals surface area contributed by atoms with Gasteiger partial charge < -0.3 is 19.9 Å². The fourth-order valence-corrected chi connectivity index (χ4v) is 1.56. The summed E-state index contributed by atoms with van der Waals surface area (Å²) in [5.41, 5.74) is 0.920. The van der Waals surface area contributed by atoms with Gasteiger partial charge in [-0.15, -0.1) is 0 Å². The van der Waals surface area contributed by atoms with Crippen molar-refractivity contribution in [2.45, 2.75) is 39.7 Å². The first-order chi connectivity index (χ1) is 10.1. The van der Waals surface area contributed by atoms with E-state index in [1.807, 2.05) is 13.0 Å². The number of guanidine groups is 1. The Balaban J connectivity index is 2.51. The van der Waals surface area contributed by atoms with Gasteiger partial charge in [0.05, 0.1) is 19.2 Å². The van der Waals surface area contributed by atoms with Crippen molar-refractivity contribution in [3.05, 3.63) is 17.5 Å². The zero-order valence-corrected chi connectivity index (χ0v) is 13.1. The Morgan fingerprint density at radius 3 is 2.81 bits per heavy atom. The number of aromatic nitrogens is 1. The molecule has 0 aliphatic rings. The zero-order chi connectivity index (χ0) is 15.7. The van der Waals surface area contributed by atoms with E-state index in [0.29, 0.717) is 37.1 Å². The van der Waals surface area contributed by atoms with Crippen LogP contribution in [0.1, 0.15) is 44.6 Å². The zero-order valence-electron chi connectivity index (χ0n) is 13.1. The molecule has 0 aliphatic carbocycles.